The Bertz CT molecular complexity index is 492. The van der Waals surface area contributed by atoms with E-state index in [2.05, 4.69) is 90.9 Å². The highest BCUT2D eigenvalue weighted by atomic mass is 127. The molecule has 1 atom stereocenters. The lowest BCUT2D eigenvalue weighted by Gasteiger charge is -2.38. The molecule has 22 heavy (non-hydrogen) atoms. The van der Waals surface area contributed by atoms with E-state index in [0.717, 1.165) is 6.42 Å². The monoisotopic (exact) mass is 432 g/mol. The van der Waals surface area contributed by atoms with Crippen molar-refractivity contribution < 1.29 is 9.16 Å². The Morgan fingerprint density at radius 3 is 2.41 bits per heavy atom. The van der Waals surface area contributed by atoms with Gasteiger partial charge in [-0.1, -0.05) is 73.7 Å². The van der Waals surface area contributed by atoms with Crippen molar-refractivity contribution in [2.45, 2.75) is 58.0 Å². The molecule has 2 nitrogen and oxygen atoms in total. The molecule has 0 unspecified atom stereocenters. The third-order valence-corrected chi connectivity index (χ3v) is 9.20. The normalized spacial score (nSPS) is 14.5. The molecule has 0 heterocycles. The summed E-state index contributed by atoms with van der Waals surface area (Å²) in [6.07, 6.45) is 3.21. The molecule has 0 amide bonds. The Labute approximate surface area is 150 Å². The van der Waals surface area contributed by atoms with Crippen LogP contribution in [0.25, 0.3) is 0 Å². The van der Waals surface area contributed by atoms with Gasteiger partial charge in [-0.2, -0.15) is 0 Å². The predicted molar refractivity (Wildman–Crippen MR) is 106 cm³/mol. The van der Waals surface area contributed by atoms with Crippen LogP contribution in [0.2, 0.25) is 18.1 Å². The standard InChI is InChI=1S/C18H29IO2Si/c1-18(2,3)22(5,6)21-17(10-11-19)13-15-8-7-9-16(12-15)14-20-4/h7-12,17H,13-14H2,1-6H3/t17-/m1/s1. The van der Waals surface area contributed by atoms with Gasteiger partial charge in [-0.15, -0.1) is 0 Å². The lowest BCUT2D eigenvalue weighted by atomic mass is 10.1. The van der Waals surface area contributed by atoms with Gasteiger partial charge in [0, 0.05) is 13.5 Å². The molecule has 0 saturated carbocycles. The number of hydrogen-bond acceptors (Lipinski definition) is 2. The number of halogens is 1. The van der Waals surface area contributed by atoms with Crippen LogP contribution in [0.1, 0.15) is 31.9 Å². The van der Waals surface area contributed by atoms with Crippen LogP contribution in [0.15, 0.2) is 34.4 Å². The zero-order valence-corrected chi connectivity index (χ0v) is 17.8. The average molecular weight is 432 g/mol. The molecule has 0 fully saturated rings. The fraction of sp³-hybridized carbons (Fsp3) is 0.556. The summed E-state index contributed by atoms with van der Waals surface area (Å²) in [6.45, 7) is 12.1. The topological polar surface area (TPSA) is 18.5 Å². The molecular weight excluding hydrogens is 403 g/mol. The maximum Gasteiger partial charge on any atom is 0.192 e. The van der Waals surface area contributed by atoms with Crippen molar-refractivity contribution >= 4 is 30.9 Å². The van der Waals surface area contributed by atoms with Gasteiger partial charge in [0.2, 0.25) is 0 Å². The fourth-order valence-corrected chi connectivity index (χ4v) is 3.77. The smallest absolute Gasteiger partial charge is 0.192 e. The van der Waals surface area contributed by atoms with E-state index in [1.54, 1.807) is 7.11 Å². The Kier molecular flexibility index (Phi) is 7.78. The highest BCUT2D eigenvalue weighted by Gasteiger charge is 2.38. The van der Waals surface area contributed by atoms with Crippen molar-refractivity contribution in [2.75, 3.05) is 7.11 Å². The molecule has 0 bridgehead atoms. The van der Waals surface area contributed by atoms with E-state index in [-0.39, 0.29) is 11.1 Å². The maximum atomic E-state index is 6.56. The third-order valence-electron chi connectivity index (χ3n) is 4.28. The van der Waals surface area contributed by atoms with Crippen LogP contribution < -0.4 is 0 Å². The fourth-order valence-electron chi connectivity index (χ4n) is 2.03. The molecule has 124 valence electrons. The Morgan fingerprint density at radius 1 is 1.23 bits per heavy atom. The van der Waals surface area contributed by atoms with Crippen LogP contribution in [-0.2, 0) is 22.2 Å². The van der Waals surface area contributed by atoms with Gasteiger partial charge in [0.1, 0.15) is 0 Å². The SMILES string of the molecule is COCc1cccc(C[C@@H](C=CI)O[Si](C)(C)C(C)(C)C)c1. The third kappa shape index (κ3) is 6.14. The van der Waals surface area contributed by atoms with E-state index >= 15 is 0 Å². The largest absolute Gasteiger partial charge is 0.410 e. The zero-order valence-electron chi connectivity index (χ0n) is 14.7. The van der Waals surface area contributed by atoms with E-state index in [0.29, 0.717) is 6.61 Å². The minimum atomic E-state index is -1.77. The van der Waals surface area contributed by atoms with Gasteiger partial charge in [0.15, 0.2) is 8.32 Å². The van der Waals surface area contributed by atoms with E-state index in [1.807, 2.05) is 0 Å². The van der Waals surface area contributed by atoms with Crippen LogP contribution in [0.4, 0.5) is 0 Å². The summed E-state index contributed by atoms with van der Waals surface area (Å²) in [7, 11) is -0.0361. The number of methoxy groups -OCH3 is 1. The van der Waals surface area contributed by atoms with Crippen LogP contribution in [0.5, 0.6) is 0 Å². The predicted octanol–water partition coefficient (Wildman–Crippen LogP) is 5.71. The van der Waals surface area contributed by atoms with Crippen molar-refractivity contribution in [2.24, 2.45) is 0 Å². The van der Waals surface area contributed by atoms with Crippen molar-refractivity contribution in [1.82, 2.24) is 0 Å². The maximum absolute atomic E-state index is 6.56. The second-order valence-electron chi connectivity index (χ2n) is 7.19. The van der Waals surface area contributed by atoms with E-state index in [9.17, 15) is 0 Å². The van der Waals surface area contributed by atoms with E-state index < -0.39 is 8.32 Å². The molecule has 4 heteroatoms. The van der Waals surface area contributed by atoms with Crippen molar-refractivity contribution in [3.8, 4) is 0 Å². The molecule has 0 saturated heterocycles. The van der Waals surface area contributed by atoms with Gasteiger partial charge in [-0.25, -0.2) is 0 Å². The molecule has 0 N–H and O–H groups in total. The van der Waals surface area contributed by atoms with Crippen LogP contribution in [0, 0.1) is 0 Å². The molecule has 0 radical (unpaired) electrons. The average Bonchev–Trinajstić information content (AvgIpc) is 2.38. The molecule has 0 aliphatic carbocycles. The summed E-state index contributed by atoms with van der Waals surface area (Å²) in [5, 5.41) is 0.224. The van der Waals surface area contributed by atoms with Crippen LogP contribution in [-0.4, -0.2) is 21.5 Å². The zero-order chi connectivity index (χ0) is 16.8. The lowest BCUT2D eigenvalue weighted by Crippen LogP contribution is -2.44. The molecule has 1 rings (SSSR count). The summed E-state index contributed by atoms with van der Waals surface area (Å²) in [5.41, 5.74) is 2.51. The lowest BCUT2D eigenvalue weighted by molar-refractivity contribution is 0.184. The van der Waals surface area contributed by atoms with Crippen molar-refractivity contribution in [3.05, 3.63) is 45.6 Å². The minimum Gasteiger partial charge on any atom is -0.410 e. The van der Waals surface area contributed by atoms with Crippen molar-refractivity contribution in [1.29, 1.82) is 0 Å². The highest BCUT2D eigenvalue weighted by molar-refractivity contribution is 14.1. The molecular formula is C18H29IO2Si. The van der Waals surface area contributed by atoms with Crippen LogP contribution >= 0.6 is 22.6 Å². The number of rotatable bonds is 7. The first-order valence-corrected chi connectivity index (χ1v) is 11.9. The van der Waals surface area contributed by atoms with E-state index in [1.165, 1.54) is 11.1 Å². The van der Waals surface area contributed by atoms with Gasteiger partial charge in [-0.3, -0.25) is 0 Å². The summed E-state index contributed by atoms with van der Waals surface area (Å²) < 4.78 is 13.8. The summed E-state index contributed by atoms with van der Waals surface area (Å²) >= 11 is 2.27. The van der Waals surface area contributed by atoms with Crippen LogP contribution in [0.3, 0.4) is 0 Å². The van der Waals surface area contributed by atoms with Crippen molar-refractivity contribution in [3.63, 3.8) is 0 Å². The quantitative estimate of drug-likeness (QED) is 0.406. The van der Waals surface area contributed by atoms with Gasteiger partial charge >= 0.3 is 0 Å². The first-order valence-electron chi connectivity index (χ1n) is 7.71. The first kappa shape index (κ1) is 19.9. The second kappa shape index (κ2) is 8.62. The Hall–Kier alpha value is -0.173. The van der Waals surface area contributed by atoms with Gasteiger partial charge in [0.05, 0.1) is 12.7 Å². The molecule has 0 aromatic heterocycles. The molecule has 0 aliphatic heterocycles. The van der Waals surface area contributed by atoms with Gasteiger partial charge < -0.3 is 9.16 Å². The minimum absolute atomic E-state index is 0.135. The highest BCUT2D eigenvalue weighted by Crippen LogP contribution is 2.37. The van der Waals surface area contributed by atoms with Gasteiger partial charge in [0.25, 0.3) is 0 Å². The molecule has 0 aliphatic rings. The van der Waals surface area contributed by atoms with Gasteiger partial charge in [-0.05, 0) is 33.3 Å². The first-order chi connectivity index (χ1) is 10.2. The number of benzene rings is 1. The summed E-state index contributed by atoms with van der Waals surface area (Å²) in [4.78, 5) is 0. The molecule has 1 aromatic rings. The molecule has 1 aromatic carbocycles. The van der Waals surface area contributed by atoms with E-state index in [4.69, 9.17) is 9.16 Å². The number of hydrogen-bond donors (Lipinski definition) is 0. The molecule has 0 spiro atoms. The second-order valence-corrected chi connectivity index (χ2v) is 12.7. The summed E-state index contributed by atoms with van der Waals surface area (Å²) in [6, 6.07) is 8.58. The summed E-state index contributed by atoms with van der Waals surface area (Å²) in [5.74, 6) is 0. The Balaban J connectivity index is 2.87. The number of ether oxygens (including phenoxy) is 1. The Morgan fingerprint density at radius 2 is 1.86 bits per heavy atom.